The minimum Gasteiger partial charge on any atom is -0.484 e. The highest BCUT2D eigenvalue weighted by atomic mass is 16.5. The zero-order valence-electron chi connectivity index (χ0n) is 15.9. The number of fused-ring (bicyclic) bond motifs is 1. The van der Waals surface area contributed by atoms with E-state index in [0.29, 0.717) is 48.7 Å². The van der Waals surface area contributed by atoms with Gasteiger partial charge in [-0.15, -0.1) is 0 Å². The molecule has 2 aliphatic heterocycles. The van der Waals surface area contributed by atoms with Crippen LogP contribution >= 0.6 is 0 Å². The lowest BCUT2D eigenvalue weighted by molar-refractivity contribution is -0.134. The molecule has 1 saturated heterocycles. The Morgan fingerprint density at radius 2 is 1.86 bits per heavy atom. The summed E-state index contributed by atoms with van der Waals surface area (Å²) in [5.74, 6) is 0.807. The monoisotopic (exact) mass is 394 g/mol. The fourth-order valence-corrected chi connectivity index (χ4v) is 3.62. The highest BCUT2D eigenvalue weighted by Gasteiger charge is 2.29. The summed E-state index contributed by atoms with van der Waals surface area (Å²) in [4.78, 5) is 38.5. The van der Waals surface area contributed by atoms with Crippen molar-refractivity contribution >= 4 is 23.3 Å². The Morgan fingerprint density at radius 1 is 1.10 bits per heavy atom. The molecule has 0 unspecified atom stereocenters. The number of para-hydroxylation sites is 1. The Balaban J connectivity index is 1.31. The van der Waals surface area contributed by atoms with Crippen LogP contribution in [-0.2, 0) is 9.59 Å². The third kappa shape index (κ3) is 4.39. The van der Waals surface area contributed by atoms with Crippen LogP contribution in [0.2, 0.25) is 0 Å². The Hall–Kier alpha value is -3.35. The molecule has 2 aromatic rings. The molecule has 4 rings (SSSR count). The second-order valence-electron chi connectivity index (χ2n) is 7.17. The molecule has 1 fully saturated rings. The highest BCUT2D eigenvalue weighted by Crippen LogP contribution is 2.30. The van der Waals surface area contributed by atoms with Gasteiger partial charge in [0, 0.05) is 24.6 Å². The number of piperidine rings is 1. The van der Waals surface area contributed by atoms with Crippen LogP contribution in [0.5, 0.6) is 11.5 Å². The number of benzene rings is 2. The quantitative estimate of drug-likeness (QED) is 0.788. The molecule has 150 valence electrons. The van der Waals surface area contributed by atoms with Crippen molar-refractivity contribution in [1.29, 1.82) is 0 Å². The summed E-state index contributed by atoms with van der Waals surface area (Å²) < 4.78 is 10.9. The van der Waals surface area contributed by atoms with E-state index in [4.69, 9.17) is 9.47 Å². The number of Topliss-reactive ketones (excluding diaryl/α,β-unsaturated/α-hetero) is 1. The topological polar surface area (TPSA) is 84.9 Å². The fourth-order valence-electron chi connectivity index (χ4n) is 3.62. The minimum atomic E-state index is -0.230. The number of amides is 2. The molecule has 29 heavy (non-hydrogen) atoms. The second kappa shape index (κ2) is 8.34. The molecule has 2 aromatic carbocycles. The van der Waals surface area contributed by atoms with Crippen molar-refractivity contribution in [3.63, 3.8) is 0 Å². The maximum absolute atomic E-state index is 12.9. The first-order valence-electron chi connectivity index (χ1n) is 9.67. The summed E-state index contributed by atoms with van der Waals surface area (Å²) in [6.07, 6.45) is 1.21. The standard InChI is InChI=1S/C22H22N2O5/c25-20-13-29-19-7-6-16(12-18(19)23-20)22(27)15-8-10-24(11-9-15)21(26)14-28-17-4-2-1-3-5-17/h1-7,12,15H,8-11,13-14H2,(H,23,25). The van der Waals surface area contributed by atoms with Crippen molar-refractivity contribution in [3.05, 3.63) is 54.1 Å². The molecule has 0 atom stereocenters. The van der Waals surface area contributed by atoms with Gasteiger partial charge >= 0.3 is 0 Å². The second-order valence-corrected chi connectivity index (χ2v) is 7.17. The van der Waals surface area contributed by atoms with Crippen LogP contribution in [0.1, 0.15) is 23.2 Å². The van der Waals surface area contributed by atoms with Gasteiger partial charge in [-0.2, -0.15) is 0 Å². The molecule has 2 heterocycles. The predicted molar refractivity (Wildman–Crippen MR) is 106 cm³/mol. The van der Waals surface area contributed by atoms with Crippen LogP contribution in [0.4, 0.5) is 5.69 Å². The van der Waals surface area contributed by atoms with Crippen LogP contribution in [0, 0.1) is 5.92 Å². The molecule has 2 amide bonds. The number of ether oxygens (including phenoxy) is 2. The van der Waals surface area contributed by atoms with Crippen LogP contribution < -0.4 is 14.8 Å². The van der Waals surface area contributed by atoms with E-state index in [1.54, 1.807) is 23.1 Å². The fraction of sp³-hybridized carbons (Fsp3) is 0.318. The van der Waals surface area contributed by atoms with E-state index in [-0.39, 0.29) is 36.7 Å². The van der Waals surface area contributed by atoms with E-state index >= 15 is 0 Å². The first-order valence-corrected chi connectivity index (χ1v) is 9.67. The van der Waals surface area contributed by atoms with E-state index in [2.05, 4.69) is 5.32 Å². The SMILES string of the molecule is O=C1COc2ccc(C(=O)C3CCN(C(=O)COc4ccccc4)CC3)cc2N1. The summed E-state index contributed by atoms with van der Waals surface area (Å²) in [7, 11) is 0. The van der Waals surface area contributed by atoms with Crippen LogP contribution in [0.3, 0.4) is 0 Å². The number of rotatable bonds is 5. The van der Waals surface area contributed by atoms with Crippen molar-refractivity contribution < 1.29 is 23.9 Å². The number of carbonyl (C=O) groups is 3. The van der Waals surface area contributed by atoms with Gasteiger partial charge in [-0.05, 0) is 43.2 Å². The zero-order valence-corrected chi connectivity index (χ0v) is 15.9. The van der Waals surface area contributed by atoms with E-state index in [1.807, 2.05) is 30.3 Å². The molecule has 0 aliphatic carbocycles. The number of hydrogen-bond donors (Lipinski definition) is 1. The van der Waals surface area contributed by atoms with Gasteiger partial charge in [0.25, 0.3) is 11.8 Å². The van der Waals surface area contributed by atoms with E-state index in [9.17, 15) is 14.4 Å². The molecule has 0 aromatic heterocycles. The largest absolute Gasteiger partial charge is 0.484 e. The Kier molecular flexibility index (Phi) is 5.46. The van der Waals surface area contributed by atoms with E-state index in [1.165, 1.54) is 0 Å². The van der Waals surface area contributed by atoms with Crippen LogP contribution in [0.25, 0.3) is 0 Å². The van der Waals surface area contributed by atoms with Gasteiger partial charge in [-0.3, -0.25) is 14.4 Å². The average Bonchev–Trinajstić information content (AvgIpc) is 2.77. The number of hydrogen-bond acceptors (Lipinski definition) is 5. The number of nitrogens with one attached hydrogen (secondary N) is 1. The molecule has 0 radical (unpaired) electrons. The molecule has 0 spiro atoms. The Labute approximate surface area is 168 Å². The third-order valence-corrected chi connectivity index (χ3v) is 5.22. The normalized spacial score (nSPS) is 16.4. The Bertz CT molecular complexity index is 920. The van der Waals surface area contributed by atoms with Gasteiger partial charge in [-0.25, -0.2) is 0 Å². The van der Waals surface area contributed by atoms with Gasteiger partial charge in [0.1, 0.15) is 11.5 Å². The Morgan fingerprint density at radius 3 is 2.62 bits per heavy atom. The molecule has 0 bridgehead atoms. The first-order chi connectivity index (χ1) is 14.1. The number of nitrogens with zero attached hydrogens (tertiary/aromatic N) is 1. The number of anilines is 1. The van der Waals surface area contributed by atoms with E-state index in [0.717, 1.165) is 0 Å². The van der Waals surface area contributed by atoms with Gasteiger partial charge < -0.3 is 19.7 Å². The summed E-state index contributed by atoms with van der Waals surface area (Å²) >= 11 is 0. The van der Waals surface area contributed by atoms with Gasteiger partial charge in [0.2, 0.25) is 0 Å². The maximum Gasteiger partial charge on any atom is 0.262 e. The summed E-state index contributed by atoms with van der Waals surface area (Å²) in [6.45, 7) is 1.03. The molecular weight excluding hydrogens is 372 g/mol. The van der Waals surface area contributed by atoms with Crippen molar-refractivity contribution in [2.24, 2.45) is 5.92 Å². The predicted octanol–water partition coefficient (Wildman–Crippen LogP) is 2.52. The average molecular weight is 394 g/mol. The summed E-state index contributed by atoms with van der Waals surface area (Å²) in [5.41, 5.74) is 1.07. The molecule has 2 aliphatic rings. The van der Waals surface area contributed by atoms with Gasteiger partial charge in [0.15, 0.2) is 19.0 Å². The van der Waals surface area contributed by atoms with Gasteiger partial charge in [-0.1, -0.05) is 18.2 Å². The molecular formula is C22H22N2O5. The summed E-state index contributed by atoms with van der Waals surface area (Å²) in [6, 6.07) is 14.3. The molecule has 7 heteroatoms. The zero-order chi connectivity index (χ0) is 20.2. The molecule has 1 N–H and O–H groups in total. The highest BCUT2D eigenvalue weighted by molar-refractivity contribution is 6.01. The van der Waals surface area contributed by atoms with Gasteiger partial charge in [0.05, 0.1) is 5.69 Å². The van der Waals surface area contributed by atoms with Crippen molar-refractivity contribution in [1.82, 2.24) is 4.90 Å². The maximum atomic E-state index is 12.9. The van der Waals surface area contributed by atoms with E-state index < -0.39 is 0 Å². The lowest BCUT2D eigenvalue weighted by Gasteiger charge is -2.31. The minimum absolute atomic E-state index is 0.00680. The molecule has 0 saturated carbocycles. The molecule has 7 nitrogen and oxygen atoms in total. The summed E-state index contributed by atoms with van der Waals surface area (Å²) in [5, 5.41) is 2.72. The smallest absolute Gasteiger partial charge is 0.262 e. The van der Waals surface area contributed by atoms with Crippen molar-refractivity contribution in [3.8, 4) is 11.5 Å². The number of likely N-dealkylation sites (tertiary alicyclic amines) is 1. The van der Waals surface area contributed by atoms with Crippen molar-refractivity contribution in [2.75, 3.05) is 31.6 Å². The third-order valence-electron chi connectivity index (χ3n) is 5.22. The number of ketones is 1. The lowest BCUT2D eigenvalue weighted by Crippen LogP contribution is -2.42. The van der Waals surface area contributed by atoms with Crippen LogP contribution in [0.15, 0.2) is 48.5 Å². The van der Waals surface area contributed by atoms with Crippen LogP contribution in [-0.4, -0.2) is 48.8 Å². The first kappa shape index (κ1) is 19.0. The number of carbonyl (C=O) groups excluding carboxylic acids is 3. The van der Waals surface area contributed by atoms with Crippen molar-refractivity contribution in [2.45, 2.75) is 12.8 Å². The lowest BCUT2D eigenvalue weighted by atomic mass is 9.88.